The zero-order valence-corrected chi connectivity index (χ0v) is 17.2. The van der Waals surface area contributed by atoms with Gasteiger partial charge in [-0.1, -0.05) is 18.2 Å². The summed E-state index contributed by atoms with van der Waals surface area (Å²) in [5.41, 5.74) is 9.14. The van der Waals surface area contributed by atoms with Gasteiger partial charge < -0.3 is 11.1 Å². The Morgan fingerprint density at radius 3 is 2.59 bits per heavy atom. The van der Waals surface area contributed by atoms with E-state index in [4.69, 9.17) is 5.73 Å². The molecule has 0 fully saturated rings. The SMILES string of the molecule is Cc1cc(CN)cc(NCc2cccc(C(=O)CCCS(C)(=O)=O)c2)n1.Cl. The molecule has 8 heteroatoms. The molecule has 0 saturated carbocycles. The largest absolute Gasteiger partial charge is 0.366 e. The predicted molar refractivity (Wildman–Crippen MR) is 111 cm³/mol. The van der Waals surface area contributed by atoms with E-state index >= 15 is 0 Å². The first kappa shape index (κ1) is 23.1. The van der Waals surface area contributed by atoms with Gasteiger partial charge in [-0.3, -0.25) is 4.79 Å². The minimum atomic E-state index is -3.04. The molecule has 1 aromatic heterocycles. The number of nitrogens with zero attached hydrogens (tertiary/aromatic N) is 1. The second-order valence-corrected chi connectivity index (χ2v) is 8.68. The fraction of sp³-hybridized carbons (Fsp3) is 0.368. The number of anilines is 1. The van der Waals surface area contributed by atoms with Crippen LogP contribution in [0.4, 0.5) is 5.82 Å². The number of carbonyl (C=O) groups is 1. The van der Waals surface area contributed by atoms with E-state index < -0.39 is 9.84 Å². The number of aromatic nitrogens is 1. The van der Waals surface area contributed by atoms with Crippen LogP contribution in [0.2, 0.25) is 0 Å². The first-order valence-electron chi connectivity index (χ1n) is 8.48. The van der Waals surface area contributed by atoms with Crippen LogP contribution in [0.5, 0.6) is 0 Å². The number of sulfone groups is 1. The molecule has 6 nitrogen and oxygen atoms in total. The van der Waals surface area contributed by atoms with Gasteiger partial charge in [0.05, 0.1) is 5.75 Å². The molecule has 0 aliphatic rings. The van der Waals surface area contributed by atoms with E-state index in [0.29, 0.717) is 25.1 Å². The van der Waals surface area contributed by atoms with E-state index in [9.17, 15) is 13.2 Å². The summed E-state index contributed by atoms with van der Waals surface area (Å²) in [6, 6.07) is 11.2. The Labute approximate surface area is 166 Å². The normalized spacial score (nSPS) is 10.9. The number of carbonyl (C=O) groups excluding carboxylic acids is 1. The molecule has 1 aromatic carbocycles. The van der Waals surface area contributed by atoms with Crippen molar-refractivity contribution in [1.29, 1.82) is 0 Å². The van der Waals surface area contributed by atoms with Crippen molar-refractivity contribution in [2.45, 2.75) is 32.9 Å². The zero-order valence-electron chi connectivity index (χ0n) is 15.6. The van der Waals surface area contributed by atoms with Crippen LogP contribution in [0.3, 0.4) is 0 Å². The van der Waals surface area contributed by atoms with Gasteiger partial charge in [0.2, 0.25) is 0 Å². The molecule has 0 amide bonds. The molecule has 0 atom stereocenters. The van der Waals surface area contributed by atoms with Crippen molar-refractivity contribution < 1.29 is 13.2 Å². The summed E-state index contributed by atoms with van der Waals surface area (Å²) in [5, 5.41) is 3.25. The summed E-state index contributed by atoms with van der Waals surface area (Å²) < 4.78 is 22.3. The van der Waals surface area contributed by atoms with Gasteiger partial charge in [-0.05, 0) is 42.7 Å². The third-order valence-corrected chi connectivity index (χ3v) is 4.92. The van der Waals surface area contributed by atoms with Gasteiger partial charge in [-0.2, -0.15) is 0 Å². The maximum absolute atomic E-state index is 12.2. The molecular formula is C19H26ClN3O3S. The predicted octanol–water partition coefficient (Wildman–Crippen LogP) is 2.89. The molecule has 27 heavy (non-hydrogen) atoms. The molecule has 0 radical (unpaired) electrons. The summed E-state index contributed by atoms with van der Waals surface area (Å²) in [7, 11) is -3.04. The van der Waals surface area contributed by atoms with Crippen LogP contribution < -0.4 is 11.1 Å². The second kappa shape index (κ2) is 10.4. The van der Waals surface area contributed by atoms with E-state index in [-0.39, 0.29) is 30.4 Å². The van der Waals surface area contributed by atoms with E-state index in [1.54, 1.807) is 6.07 Å². The Bertz CT molecular complexity index is 886. The molecule has 0 saturated heterocycles. The zero-order chi connectivity index (χ0) is 19.2. The first-order chi connectivity index (χ1) is 12.3. The molecule has 0 bridgehead atoms. The van der Waals surface area contributed by atoms with Crippen LogP contribution in [0.1, 0.15) is 40.0 Å². The van der Waals surface area contributed by atoms with Crippen LogP contribution in [-0.4, -0.2) is 31.2 Å². The monoisotopic (exact) mass is 411 g/mol. The van der Waals surface area contributed by atoms with Crippen LogP contribution in [-0.2, 0) is 22.9 Å². The lowest BCUT2D eigenvalue weighted by atomic mass is 10.0. The molecule has 1 heterocycles. The lowest BCUT2D eigenvalue weighted by Gasteiger charge is -2.09. The highest BCUT2D eigenvalue weighted by atomic mass is 35.5. The highest BCUT2D eigenvalue weighted by Crippen LogP contribution is 2.14. The molecule has 2 aromatic rings. The van der Waals surface area contributed by atoms with Crippen LogP contribution >= 0.6 is 12.4 Å². The highest BCUT2D eigenvalue weighted by molar-refractivity contribution is 7.90. The Kier molecular flexibility index (Phi) is 8.88. The van der Waals surface area contributed by atoms with Gasteiger partial charge in [0.15, 0.2) is 5.78 Å². The van der Waals surface area contributed by atoms with Crippen molar-refractivity contribution >= 4 is 33.8 Å². The molecule has 148 valence electrons. The number of hydrogen-bond donors (Lipinski definition) is 2. The standard InChI is InChI=1S/C19H25N3O3S.ClH/c1-14-9-16(12-20)11-19(22-14)21-13-15-5-3-6-17(10-15)18(23)7-4-8-26(2,24)25;/h3,5-6,9-11H,4,7-8,12-13,20H2,1-2H3,(H,21,22);1H. The lowest BCUT2D eigenvalue weighted by molar-refractivity contribution is 0.0982. The van der Waals surface area contributed by atoms with Crippen molar-refractivity contribution in [2.75, 3.05) is 17.3 Å². The van der Waals surface area contributed by atoms with Crippen molar-refractivity contribution in [3.8, 4) is 0 Å². The molecule has 0 unspecified atom stereocenters. The molecule has 3 N–H and O–H groups in total. The topological polar surface area (TPSA) is 102 Å². The van der Waals surface area contributed by atoms with Gasteiger partial charge in [-0.25, -0.2) is 13.4 Å². The second-order valence-electron chi connectivity index (χ2n) is 6.42. The minimum Gasteiger partial charge on any atom is -0.366 e. The number of benzene rings is 1. The van der Waals surface area contributed by atoms with E-state index in [1.165, 1.54) is 6.26 Å². The number of Topliss-reactive ketones (excluding diaryl/α,β-unsaturated/α-hetero) is 1. The number of aryl methyl sites for hydroxylation is 1. The smallest absolute Gasteiger partial charge is 0.162 e. The van der Waals surface area contributed by atoms with E-state index in [2.05, 4.69) is 10.3 Å². The van der Waals surface area contributed by atoms with Crippen LogP contribution in [0.25, 0.3) is 0 Å². The average molecular weight is 412 g/mol. The maximum atomic E-state index is 12.2. The van der Waals surface area contributed by atoms with Crippen LogP contribution in [0.15, 0.2) is 36.4 Å². The molecule has 0 aliphatic heterocycles. The maximum Gasteiger partial charge on any atom is 0.162 e. The lowest BCUT2D eigenvalue weighted by Crippen LogP contribution is -2.08. The number of nitrogens with two attached hydrogens (primary N) is 1. The van der Waals surface area contributed by atoms with E-state index in [1.807, 2.05) is 37.3 Å². The fourth-order valence-electron chi connectivity index (χ4n) is 2.64. The molecule has 2 rings (SSSR count). The number of ketones is 1. The van der Waals surface area contributed by atoms with Crippen molar-refractivity contribution in [2.24, 2.45) is 5.73 Å². The number of halogens is 1. The fourth-order valence-corrected chi connectivity index (χ4v) is 3.30. The summed E-state index contributed by atoms with van der Waals surface area (Å²) in [6.45, 7) is 2.90. The van der Waals surface area contributed by atoms with Crippen molar-refractivity contribution in [3.05, 3.63) is 58.8 Å². The molecular weight excluding hydrogens is 386 g/mol. The van der Waals surface area contributed by atoms with Crippen molar-refractivity contribution in [3.63, 3.8) is 0 Å². The minimum absolute atomic E-state index is 0. The summed E-state index contributed by atoms with van der Waals surface area (Å²) >= 11 is 0. The summed E-state index contributed by atoms with van der Waals surface area (Å²) in [6.07, 6.45) is 1.75. The van der Waals surface area contributed by atoms with Gasteiger partial charge in [-0.15, -0.1) is 12.4 Å². The third kappa shape index (κ3) is 8.07. The van der Waals surface area contributed by atoms with Gasteiger partial charge in [0, 0.05) is 37.0 Å². The summed E-state index contributed by atoms with van der Waals surface area (Å²) in [5.74, 6) is 0.729. The van der Waals surface area contributed by atoms with Gasteiger partial charge in [0.1, 0.15) is 15.7 Å². The number of pyridine rings is 1. The Hall–Kier alpha value is -1.96. The quantitative estimate of drug-likeness (QED) is 0.615. The van der Waals surface area contributed by atoms with Crippen molar-refractivity contribution in [1.82, 2.24) is 4.98 Å². The average Bonchev–Trinajstić information content (AvgIpc) is 2.58. The Balaban J connectivity index is 0.00000364. The Morgan fingerprint density at radius 2 is 1.93 bits per heavy atom. The van der Waals surface area contributed by atoms with Crippen LogP contribution in [0, 0.1) is 6.92 Å². The third-order valence-electron chi connectivity index (χ3n) is 3.89. The number of hydrogen-bond acceptors (Lipinski definition) is 6. The van der Waals surface area contributed by atoms with Gasteiger partial charge in [0.25, 0.3) is 0 Å². The molecule has 0 spiro atoms. The number of rotatable bonds is 9. The number of nitrogens with one attached hydrogen (secondary N) is 1. The first-order valence-corrected chi connectivity index (χ1v) is 10.5. The summed E-state index contributed by atoms with van der Waals surface area (Å²) in [4.78, 5) is 16.7. The van der Waals surface area contributed by atoms with Gasteiger partial charge >= 0.3 is 0 Å². The highest BCUT2D eigenvalue weighted by Gasteiger charge is 2.09. The van der Waals surface area contributed by atoms with E-state index in [0.717, 1.165) is 22.6 Å². The molecule has 0 aliphatic carbocycles. The Morgan fingerprint density at radius 1 is 1.19 bits per heavy atom.